The van der Waals surface area contributed by atoms with Crippen LogP contribution in [0.2, 0.25) is 0 Å². The Kier molecular flexibility index (Phi) is 8.90. The summed E-state index contributed by atoms with van der Waals surface area (Å²) in [4.78, 5) is 24.9. The maximum absolute atomic E-state index is 12.4. The third kappa shape index (κ3) is 6.23. The molecule has 2 N–H and O–H groups in total. The molecule has 1 atom stereocenters. The Morgan fingerprint density at radius 1 is 1.13 bits per heavy atom. The highest BCUT2D eigenvalue weighted by atomic mass is 16.5. The quantitative estimate of drug-likeness (QED) is 0.440. The summed E-state index contributed by atoms with van der Waals surface area (Å²) in [7, 11) is 1.58. The molecule has 0 saturated heterocycles. The lowest BCUT2D eigenvalue weighted by Crippen LogP contribution is -2.37. The summed E-state index contributed by atoms with van der Waals surface area (Å²) in [6.07, 6.45) is 3.23. The number of carbonyl (C=O) groups excluding carboxylic acids is 2. The van der Waals surface area contributed by atoms with Crippen LogP contribution in [0, 0.1) is 13.8 Å². The van der Waals surface area contributed by atoms with Gasteiger partial charge in [0.25, 0.3) is 0 Å². The van der Waals surface area contributed by atoms with Gasteiger partial charge in [-0.15, -0.1) is 0 Å². The van der Waals surface area contributed by atoms with Crippen molar-refractivity contribution in [1.29, 1.82) is 0 Å². The van der Waals surface area contributed by atoms with Gasteiger partial charge in [-0.1, -0.05) is 25.8 Å². The summed E-state index contributed by atoms with van der Waals surface area (Å²) in [6, 6.07) is 5.12. The second-order valence-electron chi connectivity index (χ2n) is 7.48. The van der Waals surface area contributed by atoms with E-state index < -0.39 is 11.8 Å². The van der Waals surface area contributed by atoms with Crippen molar-refractivity contribution in [2.75, 3.05) is 19.0 Å². The van der Waals surface area contributed by atoms with Crippen LogP contribution in [0.25, 0.3) is 0 Å². The average Bonchev–Trinajstić information content (AvgIpc) is 3.04. The van der Waals surface area contributed by atoms with E-state index >= 15 is 0 Å². The number of unbranched alkanes of at least 4 members (excludes halogenated alkanes) is 2. The van der Waals surface area contributed by atoms with Crippen LogP contribution >= 0.6 is 0 Å². The first-order valence-corrected chi connectivity index (χ1v) is 10.8. The van der Waals surface area contributed by atoms with Crippen molar-refractivity contribution in [3.8, 4) is 11.5 Å². The van der Waals surface area contributed by atoms with Gasteiger partial charge in [0.1, 0.15) is 0 Å². The molecule has 2 rings (SSSR count). The molecule has 0 aliphatic carbocycles. The Morgan fingerprint density at radius 2 is 1.87 bits per heavy atom. The maximum Gasteiger partial charge on any atom is 0.313 e. The van der Waals surface area contributed by atoms with Crippen LogP contribution in [0.15, 0.2) is 18.2 Å². The molecule has 0 aliphatic heterocycles. The number of ether oxygens (including phenoxy) is 2. The van der Waals surface area contributed by atoms with Gasteiger partial charge in [-0.05, 0) is 51.8 Å². The Hall–Kier alpha value is -3.03. The fourth-order valence-electron chi connectivity index (χ4n) is 3.31. The number of hydrogen-bond donors (Lipinski definition) is 2. The third-order valence-electron chi connectivity index (χ3n) is 5.17. The first-order valence-electron chi connectivity index (χ1n) is 10.8. The molecule has 1 unspecified atom stereocenters. The Bertz CT molecular complexity index is 907. The van der Waals surface area contributed by atoms with E-state index in [4.69, 9.17) is 9.47 Å². The summed E-state index contributed by atoms with van der Waals surface area (Å²) in [6.45, 7) is 10.9. The van der Waals surface area contributed by atoms with Gasteiger partial charge in [0.2, 0.25) is 0 Å². The first-order chi connectivity index (χ1) is 14.8. The van der Waals surface area contributed by atoms with Crippen molar-refractivity contribution in [2.45, 2.75) is 66.5 Å². The Labute approximate surface area is 184 Å². The Balaban J connectivity index is 2.01. The van der Waals surface area contributed by atoms with Gasteiger partial charge in [-0.25, -0.2) is 0 Å². The molecule has 0 aliphatic rings. The maximum atomic E-state index is 12.4. The number of methoxy groups -OCH3 is 1. The number of nitrogens with zero attached hydrogens (tertiary/aromatic N) is 2. The molecule has 31 heavy (non-hydrogen) atoms. The van der Waals surface area contributed by atoms with Crippen molar-refractivity contribution in [1.82, 2.24) is 15.1 Å². The molecule has 0 spiro atoms. The predicted molar refractivity (Wildman–Crippen MR) is 121 cm³/mol. The third-order valence-corrected chi connectivity index (χ3v) is 5.17. The topological polar surface area (TPSA) is 94.5 Å². The zero-order valence-electron chi connectivity index (χ0n) is 19.4. The molecule has 8 nitrogen and oxygen atoms in total. The van der Waals surface area contributed by atoms with Crippen molar-refractivity contribution >= 4 is 17.5 Å². The molecule has 0 fully saturated rings. The van der Waals surface area contributed by atoms with Gasteiger partial charge >= 0.3 is 11.8 Å². The number of amides is 2. The largest absolute Gasteiger partial charge is 0.493 e. The van der Waals surface area contributed by atoms with E-state index in [2.05, 4.69) is 22.7 Å². The molecule has 1 aromatic carbocycles. The summed E-state index contributed by atoms with van der Waals surface area (Å²) in [5.74, 6) is -0.179. The highest BCUT2D eigenvalue weighted by Gasteiger charge is 2.21. The zero-order chi connectivity index (χ0) is 23.0. The van der Waals surface area contributed by atoms with Crippen LogP contribution in [-0.2, 0) is 16.1 Å². The number of aromatic nitrogens is 2. The van der Waals surface area contributed by atoms with E-state index in [0.29, 0.717) is 36.0 Å². The van der Waals surface area contributed by atoms with E-state index in [9.17, 15) is 9.59 Å². The van der Waals surface area contributed by atoms with Gasteiger partial charge in [0.05, 0.1) is 36.8 Å². The van der Waals surface area contributed by atoms with Crippen LogP contribution < -0.4 is 20.1 Å². The van der Waals surface area contributed by atoms with E-state index in [-0.39, 0.29) is 6.04 Å². The molecular formula is C23H34N4O4. The fourth-order valence-corrected chi connectivity index (χ4v) is 3.31. The van der Waals surface area contributed by atoms with Crippen LogP contribution in [0.4, 0.5) is 5.69 Å². The number of rotatable bonds is 10. The molecule has 170 valence electrons. The van der Waals surface area contributed by atoms with Gasteiger partial charge in [-0.2, -0.15) is 5.10 Å². The molecule has 0 radical (unpaired) electrons. The lowest BCUT2D eigenvalue weighted by atomic mass is 10.1. The average molecular weight is 431 g/mol. The Morgan fingerprint density at radius 3 is 2.48 bits per heavy atom. The number of carbonyl (C=O) groups is 2. The highest BCUT2D eigenvalue weighted by Crippen LogP contribution is 2.30. The molecule has 1 aromatic heterocycles. The van der Waals surface area contributed by atoms with Gasteiger partial charge in [0, 0.05) is 6.54 Å². The van der Waals surface area contributed by atoms with E-state index in [1.165, 1.54) is 0 Å². The summed E-state index contributed by atoms with van der Waals surface area (Å²) in [5.41, 5.74) is 2.87. The minimum Gasteiger partial charge on any atom is -0.493 e. The van der Waals surface area contributed by atoms with Crippen LogP contribution in [0.5, 0.6) is 11.5 Å². The summed E-state index contributed by atoms with van der Waals surface area (Å²) >= 11 is 0. The molecule has 2 aromatic rings. The van der Waals surface area contributed by atoms with Crippen molar-refractivity contribution < 1.29 is 19.1 Å². The van der Waals surface area contributed by atoms with Gasteiger partial charge in [-0.3, -0.25) is 14.3 Å². The minimum atomic E-state index is -0.725. The van der Waals surface area contributed by atoms with E-state index in [0.717, 1.165) is 30.5 Å². The predicted octanol–water partition coefficient (Wildman–Crippen LogP) is 3.91. The second kappa shape index (κ2) is 11.4. The summed E-state index contributed by atoms with van der Waals surface area (Å²) in [5, 5.41) is 9.76. The SMILES string of the molecule is CCCCCOc1ccc(C(C)NC(=O)C(=O)Nc2c(C)nn(CC)c2C)cc1OC. The van der Waals surface area contributed by atoms with Crippen molar-refractivity contribution in [3.63, 3.8) is 0 Å². The number of benzene rings is 1. The lowest BCUT2D eigenvalue weighted by molar-refractivity contribution is -0.136. The molecule has 8 heteroatoms. The number of nitrogens with one attached hydrogen (secondary N) is 2. The number of aryl methyl sites for hydroxylation is 2. The van der Waals surface area contributed by atoms with Crippen LogP contribution in [-0.4, -0.2) is 35.3 Å². The van der Waals surface area contributed by atoms with E-state index in [1.807, 2.05) is 39.0 Å². The van der Waals surface area contributed by atoms with Crippen molar-refractivity contribution in [3.05, 3.63) is 35.2 Å². The number of anilines is 1. The lowest BCUT2D eigenvalue weighted by Gasteiger charge is -2.17. The molecule has 2 amide bonds. The van der Waals surface area contributed by atoms with E-state index in [1.54, 1.807) is 18.7 Å². The summed E-state index contributed by atoms with van der Waals surface area (Å²) < 4.78 is 13.0. The smallest absolute Gasteiger partial charge is 0.313 e. The monoisotopic (exact) mass is 430 g/mol. The molecule has 1 heterocycles. The highest BCUT2D eigenvalue weighted by molar-refractivity contribution is 6.39. The molecule has 0 bridgehead atoms. The van der Waals surface area contributed by atoms with Crippen LogP contribution in [0.1, 0.15) is 63.0 Å². The van der Waals surface area contributed by atoms with Gasteiger partial charge in [0.15, 0.2) is 11.5 Å². The minimum absolute atomic E-state index is 0.387. The number of hydrogen-bond acceptors (Lipinski definition) is 5. The van der Waals surface area contributed by atoms with Crippen molar-refractivity contribution in [2.24, 2.45) is 0 Å². The second-order valence-corrected chi connectivity index (χ2v) is 7.48. The van der Waals surface area contributed by atoms with Crippen LogP contribution in [0.3, 0.4) is 0 Å². The zero-order valence-corrected chi connectivity index (χ0v) is 19.4. The normalized spacial score (nSPS) is 11.7. The standard InChI is InChI=1S/C23H34N4O4/c1-7-9-10-13-31-19-12-11-18(14-20(19)30-6)15(3)24-22(28)23(29)25-21-16(4)26-27(8-2)17(21)5/h11-12,14-15H,7-10,13H2,1-6H3,(H,24,28)(H,25,29). The fraction of sp³-hybridized carbons (Fsp3) is 0.522. The molecular weight excluding hydrogens is 396 g/mol. The first kappa shape index (κ1) is 24.2. The van der Waals surface area contributed by atoms with Gasteiger partial charge < -0.3 is 20.1 Å². The molecule has 0 saturated carbocycles.